The van der Waals surface area contributed by atoms with Gasteiger partial charge in [-0.3, -0.25) is 4.79 Å². The molecule has 0 saturated carbocycles. The highest BCUT2D eigenvalue weighted by atomic mass is 16.5. The quantitative estimate of drug-likeness (QED) is 0.609. The van der Waals surface area contributed by atoms with Crippen LogP contribution >= 0.6 is 0 Å². The van der Waals surface area contributed by atoms with Crippen molar-refractivity contribution in [1.82, 2.24) is 4.90 Å². The number of aliphatic hydroxyl groups excluding tert-OH is 1. The Morgan fingerprint density at radius 1 is 1.64 bits per heavy atom. The molecule has 1 saturated heterocycles. The summed E-state index contributed by atoms with van der Waals surface area (Å²) in [4.78, 5) is 13.0. The lowest BCUT2D eigenvalue weighted by molar-refractivity contribution is -0.130. The highest BCUT2D eigenvalue weighted by Gasteiger charge is 2.33. The van der Waals surface area contributed by atoms with Crippen LogP contribution in [0.1, 0.15) is 13.3 Å². The molecule has 82 valence electrons. The van der Waals surface area contributed by atoms with Gasteiger partial charge in [-0.1, -0.05) is 0 Å². The zero-order chi connectivity index (χ0) is 10.6. The Bertz CT molecular complexity index is 198. The van der Waals surface area contributed by atoms with E-state index in [1.807, 2.05) is 6.92 Å². The van der Waals surface area contributed by atoms with Gasteiger partial charge in [-0.05, 0) is 6.92 Å². The molecule has 0 spiro atoms. The molecule has 1 amide bonds. The van der Waals surface area contributed by atoms with Crippen molar-refractivity contribution in [3.8, 4) is 0 Å². The maximum atomic E-state index is 11.4. The lowest BCUT2D eigenvalue weighted by Gasteiger charge is -2.15. The molecule has 3 N–H and O–H groups in total. The summed E-state index contributed by atoms with van der Waals surface area (Å²) in [7, 11) is 0. The number of likely N-dealkylation sites (tertiary alicyclic amines) is 1. The lowest BCUT2D eigenvalue weighted by atomic mass is 10.3. The Morgan fingerprint density at radius 3 is 2.93 bits per heavy atom. The standard InChI is InChI=1S/C9H18N2O3/c1-2-14-8-6-11(5-7(8)12)9(13)3-4-10/h7-8,12H,2-6,10H2,1H3/t7-,8-/m1/s1. The summed E-state index contributed by atoms with van der Waals surface area (Å²) in [5, 5.41) is 9.56. The molecule has 0 aromatic carbocycles. The summed E-state index contributed by atoms with van der Waals surface area (Å²) in [5.41, 5.74) is 5.28. The second-order valence-electron chi connectivity index (χ2n) is 3.40. The third-order valence-corrected chi connectivity index (χ3v) is 2.33. The predicted octanol–water partition coefficient (Wildman–Crippen LogP) is -1.06. The van der Waals surface area contributed by atoms with Crippen molar-refractivity contribution in [2.75, 3.05) is 26.2 Å². The summed E-state index contributed by atoms with van der Waals surface area (Å²) in [6, 6.07) is 0. The highest BCUT2D eigenvalue weighted by molar-refractivity contribution is 5.76. The molecular formula is C9H18N2O3. The van der Waals surface area contributed by atoms with E-state index in [0.717, 1.165) is 0 Å². The van der Waals surface area contributed by atoms with Crippen molar-refractivity contribution in [2.24, 2.45) is 5.73 Å². The first-order valence-corrected chi connectivity index (χ1v) is 4.96. The second kappa shape index (κ2) is 5.29. The minimum absolute atomic E-state index is 0.00578. The summed E-state index contributed by atoms with van der Waals surface area (Å²) >= 11 is 0. The Hall–Kier alpha value is -0.650. The number of ether oxygens (including phenoxy) is 1. The summed E-state index contributed by atoms with van der Waals surface area (Å²) in [6.45, 7) is 3.62. The summed E-state index contributed by atoms with van der Waals surface area (Å²) in [5.74, 6) is -0.00578. The van der Waals surface area contributed by atoms with E-state index in [9.17, 15) is 9.90 Å². The van der Waals surface area contributed by atoms with E-state index < -0.39 is 6.10 Å². The van der Waals surface area contributed by atoms with Crippen LogP contribution in [0.5, 0.6) is 0 Å². The SMILES string of the molecule is CCO[C@@H]1CN(C(=O)CCN)C[C@H]1O. The van der Waals surface area contributed by atoms with Crippen LogP contribution in [0.2, 0.25) is 0 Å². The number of rotatable bonds is 4. The number of carbonyl (C=O) groups is 1. The number of β-amino-alcohol motifs (C(OH)–C–C–N with tert-alkyl or cyclic N) is 1. The van der Waals surface area contributed by atoms with E-state index in [1.165, 1.54) is 0 Å². The van der Waals surface area contributed by atoms with Gasteiger partial charge < -0.3 is 20.5 Å². The van der Waals surface area contributed by atoms with Gasteiger partial charge in [-0.15, -0.1) is 0 Å². The minimum Gasteiger partial charge on any atom is -0.388 e. The molecule has 0 radical (unpaired) electrons. The molecule has 0 unspecified atom stereocenters. The van der Waals surface area contributed by atoms with E-state index in [-0.39, 0.29) is 12.0 Å². The molecule has 1 heterocycles. The van der Waals surface area contributed by atoms with Crippen molar-refractivity contribution in [1.29, 1.82) is 0 Å². The van der Waals surface area contributed by atoms with Crippen molar-refractivity contribution in [2.45, 2.75) is 25.6 Å². The summed E-state index contributed by atoms with van der Waals surface area (Å²) < 4.78 is 5.30. The number of hydrogen-bond donors (Lipinski definition) is 2. The molecule has 0 bridgehead atoms. The Balaban J connectivity index is 2.41. The molecule has 0 aromatic heterocycles. The van der Waals surface area contributed by atoms with Crippen molar-refractivity contribution in [3.63, 3.8) is 0 Å². The van der Waals surface area contributed by atoms with Gasteiger partial charge >= 0.3 is 0 Å². The molecule has 1 fully saturated rings. The Kier molecular flexibility index (Phi) is 4.31. The Morgan fingerprint density at radius 2 is 2.36 bits per heavy atom. The van der Waals surface area contributed by atoms with E-state index in [4.69, 9.17) is 10.5 Å². The number of nitrogens with two attached hydrogens (primary N) is 1. The number of hydrogen-bond acceptors (Lipinski definition) is 4. The van der Waals surface area contributed by atoms with Crippen molar-refractivity contribution in [3.05, 3.63) is 0 Å². The first-order chi connectivity index (χ1) is 6.69. The van der Waals surface area contributed by atoms with E-state index in [2.05, 4.69) is 0 Å². The third-order valence-electron chi connectivity index (χ3n) is 2.33. The number of carbonyl (C=O) groups excluding carboxylic acids is 1. The molecule has 2 atom stereocenters. The molecule has 0 aliphatic carbocycles. The number of amides is 1. The van der Waals surface area contributed by atoms with Gasteiger partial charge in [0.25, 0.3) is 0 Å². The molecule has 1 aliphatic heterocycles. The molecular weight excluding hydrogens is 184 g/mol. The largest absolute Gasteiger partial charge is 0.388 e. The molecule has 0 aromatic rings. The van der Waals surface area contributed by atoms with Crippen LogP contribution in [0, 0.1) is 0 Å². The van der Waals surface area contributed by atoms with Crippen molar-refractivity contribution >= 4 is 5.91 Å². The maximum Gasteiger partial charge on any atom is 0.224 e. The number of nitrogens with zero attached hydrogens (tertiary/aromatic N) is 1. The average Bonchev–Trinajstić information content (AvgIpc) is 2.49. The van der Waals surface area contributed by atoms with E-state index >= 15 is 0 Å². The van der Waals surface area contributed by atoms with Crippen LogP contribution in [0.15, 0.2) is 0 Å². The van der Waals surface area contributed by atoms with Gasteiger partial charge in [0.1, 0.15) is 6.10 Å². The molecule has 5 heteroatoms. The molecule has 1 aliphatic rings. The van der Waals surface area contributed by atoms with Gasteiger partial charge in [-0.2, -0.15) is 0 Å². The van der Waals surface area contributed by atoms with Crippen LogP contribution < -0.4 is 5.73 Å². The first-order valence-electron chi connectivity index (χ1n) is 4.96. The van der Waals surface area contributed by atoms with E-state index in [1.54, 1.807) is 4.90 Å². The smallest absolute Gasteiger partial charge is 0.224 e. The number of aliphatic hydroxyl groups is 1. The zero-order valence-electron chi connectivity index (χ0n) is 8.48. The Labute approximate surface area is 83.8 Å². The van der Waals surface area contributed by atoms with Gasteiger partial charge in [0.05, 0.1) is 6.10 Å². The van der Waals surface area contributed by atoms with Crippen molar-refractivity contribution < 1.29 is 14.6 Å². The minimum atomic E-state index is -0.559. The van der Waals surface area contributed by atoms with Gasteiger partial charge in [0, 0.05) is 32.7 Å². The second-order valence-corrected chi connectivity index (χ2v) is 3.40. The van der Waals surface area contributed by atoms with Crippen LogP contribution in [0.3, 0.4) is 0 Å². The fourth-order valence-corrected chi connectivity index (χ4v) is 1.62. The predicted molar refractivity (Wildman–Crippen MR) is 51.7 cm³/mol. The van der Waals surface area contributed by atoms with E-state index in [0.29, 0.717) is 32.7 Å². The van der Waals surface area contributed by atoms with Gasteiger partial charge in [0.2, 0.25) is 5.91 Å². The zero-order valence-corrected chi connectivity index (χ0v) is 8.48. The van der Waals surface area contributed by atoms with Crippen LogP contribution in [0.25, 0.3) is 0 Å². The van der Waals surface area contributed by atoms with Crippen LogP contribution in [-0.2, 0) is 9.53 Å². The first kappa shape index (κ1) is 11.4. The summed E-state index contributed by atoms with van der Waals surface area (Å²) in [6.07, 6.45) is -0.454. The van der Waals surface area contributed by atoms with Crippen LogP contribution in [0.4, 0.5) is 0 Å². The maximum absolute atomic E-state index is 11.4. The fourth-order valence-electron chi connectivity index (χ4n) is 1.62. The molecule has 14 heavy (non-hydrogen) atoms. The highest BCUT2D eigenvalue weighted by Crippen LogP contribution is 2.14. The monoisotopic (exact) mass is 202 g/mol. The lowest BCUT2D eigenvalue weighted by Crippen LogP contribution is -2.31. The van der Waals surface area contributed by atoms with Gasteiger partial charge in [-0.25, -0.2) is 0 Å². The molecule has 5 nitrogen and oxygen atoms in total. The topological polar surface area (TPSA) is 75.8 Å². The third kappa shape index (κ3) is 2.67. The normalized spacial score (nSPS) is 26.9. The fraction of sp³-hybridized carbons (Fsp3) is 0.889. The van der Waals surface area contributed by atoms with Gasteiger partial charge in [0.15, 0.2) is 0 Å². The van der Waals surface area contributed by atoms with Crippen LogP contribution in [-0.4, -0.2) is 54.4 Å². The average molecular weight is 202 g/mol. The molecule has 1 rings (SSSR count).